The van der Waals surface area contributed by atoms with Crippen molar-refractivity contribution in [3.8, 4) is 0 Å². The lowest BCUT2D eigenvalue weighted by Crippen LogP contribution is -2.38. The first kappa shape index (κ1) is 12.9. The minimum absolute atomic E-state index is 0.0522. The van der Waals surface area contributed by atoms with Crippen LogP contribution < -0.4 is 10.6 Å². The lowest BCUT2D eigenvalue weighted by atomic mass is 9.93. The Morgan fingerprint density at radius 1 is 1.33 bits per heavy atom. The maximum atomic E-state index is 5.79. The lowest BCUT2D eigenvalue weighted by Gasteiger charge is -2.29. The summed E-state index contributed by atoms with van der Waals surface area (Å²) >= 11 is 0. The third-order valence-corrected chi connectivity index (χ3v) is 3.11. The molecule has 18 heavy (non-hydrogen) atoms. The van der Waals surface area contributed by atoms with Crippen LogP contribution in [0.5, 0.6) is 0 Å². The minimum atomic E-state index is 0.0522. The van der Waals surface area contributed by atoms with Gasteiger partial charge in [-0.05, 0) is 31.0 Å². The Bertz CT molecular complexity index is 485. The van der Waals surface area contributed by atoms with Crippen molar-refractivity contribution in [3.63, 3.8) is 0 Å². The van der Waals surface area contributed by atoms with E-state index in [-0.39, 0.29) is 5.41 Å². The van der Waals surface area contributed by atoms with Crippen molar-refractivity contribution >= 4 is 17.1 Å². The fourth-order valence-electron chi connectivity index (χ4n) is 1.89. The zero-order chi connectivity index (χ0) is 13.2. The highest BCUT2D eigenvalue weighted by Crippen LogP contribution is 2.24. The Balaban J connectivity index is 2.27. The SMILES string of the molecule is CCN(CC(C)(C)CN)c1nc2ccccc2o1. The average Bonchev–Trinajstić information content (AvgIpc) is 2.79. The fourth-order valence-corrected chi connectivity index (χ4v) is 1.89. The molecule has 0 amide bonds. The van der Waals surface area contributed by atoms with Gasteiger partial charge in [0.25, 0.3) is 6.01 Å². The number of oxazole rings is 1. The third kappa shape index (κ3) is 2.64. The van der Waals surface area contributed by atoms with Crippen molar-refractivity contribution in [2.75, 3.05) is 24.5 Å². The van der Waals surface area contributed by atoms with E-state index < -0.39 is 0 Å². The molecule has 0 fully saturated rings. The molecule has 0 bridgehead atoms. The highest BCUT2D eigenvalue weighted by molar-refractivity contribution is 5.74. The van der Waals surface area contributed by atoms with Crippen LogP contribution in [0.1, 0.15) is 20.8 Å². The average molecular weight is 247 g/mol. The van der Waals surface area contributed by atoms with Crippen LogP contribution in [0.15, 0.2) is 28.7 Å². The summed E-state index contributed by atoms with van der Waals surface area (Å²) in [6, 6.07) is 8.50. The van der Waals surface area contributed by atoms with Gasteiger partial charge in [-0.1, -0.05) is 26.0 Å². The predicted octanol–water partition coefficient (Wildman–Crippen LogP) is 2.64. The number of hydrogen-bond acceptors (Lipinski definition) is 4. The van der Waals surface area contributed by atoms with Crippen LogP contribution in [0.4, 0.5) is 6.01 Å². The largest absolute Gasteiger partial charge is 0.423 e. The molecule has 1 aromatic heterocycles. The first-order valence-electron chi connectivity index (χ1n) is 6.36. The van der Waals surface area contributed by atoms with Gasteiger partial charge in [0, 0.05) is 13.1 Å². The van der Waals surface area contributed by atoms with Crippen LogP contribution in [0.2, 0.25) is 0 Å². The second kappa shape index (κ2) is 4.98. The number of anilines is 1. The van der Waals surface area contributed by atoms with Crippen LogP contribution in [-0.2, 0) is 0 Å². The summed E-state index contributed by atoms with van der Waals surface area (Å²) in [5.74, 6) is 0. The van der Waals surface area contributed by atoms with E-state index in [1.807, 2.05) is 24.3 Å². The Labute approximate surface area is 108 Å². The molecule has 1 aromatic carbocycles. The normalized spacial score (nSPS) is 12.0. The summed E-state index contributed by atoms with van der Waals surface area (Å²) in [5, 5.41) is 0. The van der Waals surface area contributed by atoms with Gasteiger partial charge in [0.2, 0.25) is 0 Å². The van der Waals surface area contributed by atoms with E-state index >= 15 is 0 Å². The van der Waals surface area contributed by atoms with Crippen LogP contribution in [-0.4, -0.2) is 24.6 Å². The van der Waals surface area contributed by atoms with E-state index in [2.05, 4.69) is 30.7 Å². The maximum absolute atomic E-state index is 5.79. The zero-order valence-electron chi connectivity index (χ0n) is 11.3. The molecule has 0 radical (unpaired) electrons. The van der Waals surface area contributed by atoms with Crippen molar-refractivity contribution in [3.05, 3.63) is 24.3 Å². The number of hydrogen-bond donors (Lipinski definition) is 1. The highest BCUT2D eigenvalue weighted by atomic mass is 16.4. The van der Waals surface area contributed by atoms with Gasteiger partial charge in [-0.3, -0.25) is 0 Å². The molecule has 4 nitrogen and oxygen atoms in total. The lowest BCUT2D eigenvalue weighted by molar-refractivity contribution is 0.369. The number of aromatic nitrogens is 1. The zero-order valence-corrected chi connectivity index (χ0v) is 11.3. The van der Waals surface area contributed by atoms with Gasteiger partial charge >= 0.3 is 0 Å². The number of nitrogens with zero attached hydrogens (tertiary/aromatic N) is 2. The summed E-state index contributed by atoms with van der Waals surface area (Å²) < 4.78 is 5.79. The van der Waals surface area contributed by atoms with E-state index in [1.165, 1.54) is 0 Å². The van der Waals surface area contributed by atoms with Crippen molar-refractivity contribution < 1.29 is 4.42 Å². The second-order valence-corrected chi connectivity index (χ2v) is 5.35. The monoisotopic (exact) mass is 247 g/mol. The molecule has 0 atom stereocenters. The van der Waals surface area contributed by atoms with Crippen molar-refractivity contribution in [1.29, 1.82) is 0 Å². The predicted molar refractivity (Wildman–Crippen MR) is 74.7 cm³/mol. The van der Waals surface area contributed by atoms with Gasteiger partial charge in [0.15, 0.2) is 5.58 Å². The number of benzene rings is 1. The first-order chi connectivity index (χ1) is 8.55. The van der Waals surface area contributed by atoms with Gasteiger partial charge in [-0.15, -0.1) is 0 Å². The molecule has 0 saturated carbocycles. The van der Waals surface area contributed by atoms with Gasteiger partial charge in [-0.25, -0.2) is 0 Å². The standard InChI is InChI=1S/C14H21N3O/c1-4-17(10-14(2,3)9-15)13-16-11-7-5-6-8-12(11)18-13/h5-8H,4,9-10,15H2,1-3H3. The number of fused-ring (bicyclic) bond motifs is 1. The van der Waals surface area contributed by atoms with Crippen molar-refractivity contribution in [2.45, 2.75) is 20.8 Å². The molecule has 4 heteroatoms. The summed E-state index contributed by atoms with van der Waals surface area (Å²) in [6.07, 6.45) is 0. The summed E-state index contributed by atoms with van der Waals surface area (Å²) in [7, 11) is 0. The third-order valence-electron chi connectivity index (χ3n) is 3.11. The van der Waals surface area contributed by atoms with E-state index in [0.717, 1.165) is 24.2 Å². The van der Waals surface area contributed by atoms with E-state index in [4.69, 9.17) is 10.2 Å². The summed E-state index contributed by atoms with van der Waals surface area (Å²) in [4.78, 5) is 6.65. The fraction of sp³-hybridized carbons (Fsp3) is 0.500. The number of nitrogens with two attached hydrogens (primary N) is 1. The molecule has 2 rings (SSSR count). The van der Waals surface area contributed by atoms with E-state index in [1.54, 1.807) is 0 Å². The molecular formula is C14H21N3O. The Hall–Kier alpha value is -1.55. The quantitative estimate of drug-likeness (QED) is 0.882. The van der Waals surface area contributed by atoms with Gasteiger partial charge < -0.3 is 15.1 Å². The number of para-hydroxylation sites is 2. The Morgan fingerprint density at radius 2 is 2.06 bits per heavy atom. The maximum Gasteiger partial charge on any atom is 0.298 e. The Kier molecular flexibility index (Phi) is 3.57. The van der Waals surface area contributed by atoms with E-state index in [0.29, 0.717) is 12.6 Å². The second-order valence-electron chi connectivity index (χ2n) is 5.35. The molecule has 2 aromatic rings. The molecule has 2 N–H and O–H groups in total. The summed E-state index contributed by atoms with van der Waals surface area (Å²) in [5.41, 5.74) is 7.57. The molecule has 0 saturated heterocycles. The Morgan fingerprint density at radius 3 is 2.67 bits per heavy atom. The topological polar surface area (TPSA) is 55.3 Å². The minimum Gasteiger partial charge on any atom is -0.423 e. The van der Waals surface area contributed by atoms with Gasteiger partial charge in [0.1, 0.15) is 5.52 Å². The molecular weight excluding hydrogens is 226 g/mol. The van der Waals surface area contributed by atoms with Gasteiger partial charge in [-0.2, -0.15) is 4.98 Å². The van der Waals surface area contributed by atoms with E-state index in [9.17, 15) is 0 Å². The van der Waals surface area contributed by atoms with Crippen LogP contribution in [0.3, 0.4) is 0 Å². The molecule has 0 aliphatic carbocycles. The van der Waals surface area contributed by atoms with Gasteiger partial charge in [0.05, 0.1) is 0 Å². The summed E-state index contributed by atoms with van der Waals surface area (Å²) in [6.45, 7) is 8.74. The van der Waals surface area contributed by atoms with Crippen molar-refractivity contribution in [1.82, 2.24) is 4.98 Å². The van der Waals surface area contributed by atoms with Crippen molar-refractivity contribution in [2.24, 2.45) is 11.1 Å². The number of rotatable bonds is 5. The molecule has 0 unspecified atom stereocenters. The van der Waals surface area contributed by atoms with Crippen LogP contribution in [0, 0.1) is 5.41 Å². The van der Waals surface area contributed by atoms with Crippen LogP contribution >= 0.6 is 0 Å². The van der Waals surface area contributed by atoms with Crippen LogP contribution in [0.25, 0.3) is 11.1 Å². The molecule has 1 heterocycles. The smallest absolute Gasteiger partial charge is 0.298 e. The molecule has 0 aliphatic rings. The first-order valence-corrected chi connectivity index (χ1v) is 6.36. The highest BCUT2D eigenvalue weighted by Gasteiger charge is 2.22. The molecule has 98 valence electrons. The molecule has 0 spiro atoms. The molecule has 0 aliphatic heterocycles.